The van der Waals surface area contributed by atoms with E-state index in [0.29, 0.717) is 5.92 Å². The van der Waals surface area contributed by atoms with E-state index in [1.807, 2.05) is 0 Å². The van der Waals surface area contributed by atoms with Crippen LogP contribution in [0, 0.1) is 5.92 Å². The maximum atomic E-state index is 5.97. The maximum absolute atomic E-state index is 5.97. The predicted molar refractivity (Wildman–Crippen MR) is 59.2 cm³/mol. The first-order valence-corrected chi connectivity index (χ1v) is 5.82. The Morgan fingerprint density at radius 2 is 2.21 bits per heavy atom. The quantitative estimate of drug-likeness (QED) is 0.688. The Kier molecular flexibility index (Phi) is 2.82. The Hall–Kier alpha value is -0.120. The van der Waals surface area contributed by atoms with Crippen molar-refractivity contribution in [2.24, 2.45) is 11.7 Å². The summed E-state index contributed by atoms with van der Waals surface area (Å²) in [6, 6.07) is 0.768. The summed E-state index contributed by atoms with van der Waals surface area (Å²) >= 11 is 0. The van der Waals surface area contributed by atoms with Gasteiger partial charge in [-0.2, -0.15) is 0 Å². The van der Waals surface area contributed by atoms with E-state index in [4.69, 9.17) is 5.73 Å². The average molecular weight is 197 g/mol. The Balaban J connectivity index is 2.01. The fourth-order valence-corrected chi connectivity index (χ4v) is 2.58. The van der Waals surface area contributed by atoms with Crippen molar-refractivity contribution in [2.45, 2.75) is 37.8 Å². The molecule has 0 aromatic heterocycles. The minimum absolute atomic E-state index is 0.230. The largest absolute Gasteiger partial charge is 0.329 e. The molecule has 1 aliphatic heterocycles. The molecule has 3 N–H and O–H groups in total. The van der Waals surface area contributed by atoms with Gasteiger partial charge < -0.3 is 16.0 Å². The van der Waals surface area contributed by atoms with Crippen molar-refractivity contribution in [3.05, 3.63) is 0 Å². The fourth-order valence-electron chi connectivity index (χ4n) is 2.58. The van der Waals surface area contributed by atoms with E-state index in [0.717, 1.165) is 12.6 Å². The van der Waals surface area contributed by atoms with Gasteiger partial charge in [-0.25, -0.2) is 0 Å². The van der Waals surface area contributed by atoms with Gasteiger partial charge in [0.1, 0.15) is 0 Å². The number of rotatable bonds is 3. The number of hydrogen-bond donors (Lipinski definition) is 2. The number of likely N-dealkylation sites (tertiary alicyclic amines) is 1. The zero-order chi connectivity index (χ0) is 10.2. The minimum atomic E-state index is 0.230. The van der Waals surface area contributed by atoms with E-state index >= 15 is 0 Å². The molecule has 2 atom stereocenters. The highest BCUT2D eigenvalue weighted by atomic mass is 15.2. The molecule has 1 saturated carbocycles. The highest BCUT2D eigenvalue weighted by molar-refractivity contribution is 5.02. The first-order valence-electron chi connectivity index (χ1n) is 5.82. The minimum Gasteiger partial charge on any atom is -0.329 e. The summed E-state index contributed by atoms with van der Waals surface area (Å²) in [4.78, 5) is 2.41. The van der Waals surface area contributed by atoms with Crippen LogP contribution in [0.4, 0.5) is 0 Å². The van der Waals surface area contributed by atoms with E-state index in [1.165, 1.54) is 32.4 Å². The summed E-state index contributed by atoms with van der Waals surface area (Å²) in [5, 5.41) is 3.77. The van der Waals surface area contributed by atoms with Gasteiger partial charge in [0.15, 0.2) is 0 Å². The molecule has 2 rings (SSSR count). The van der Waals surface area contributed by atoms with Crippen molar-refractivity contribution < 1.29 is 0 Å². The predicted octanol–water partition coefficient (Wildman–Crippen LogP) is 0.408. The molecule has 3 heteroatoms. The van der Waals surface area contributed by atoms with Gasteiger partial charge in [-0.1, -0.05) is 6.92 Å². The fraction of sp³-hybridized carbons (Fsp3) is 1.00. The van der Waals surface area contributed by atoms with Gasteiger partial charge >= 0.3 is 0 Å². The molecule has 0 amide bonds. The zero-order valence-corrected chi connectivity index (χ0v) is 9.42. The van der Waals surface area contributed by atoms with Crippen LogP contribution < -0.4 is 11.1 Å². The van der Waals surface area contributed by atoms with Crippen molar-refractivity contribution in [3.8, 4) is 0 Å². The van der Waals surface area contributed by atoms with E-state index in [9.17, 15) is 0 Å². The van der Waals surface area contributed by atoms with Crippen LogP contribution in [-0.4, -0.2) is 43.2 Å². The first-order chi connectivity index (χ1) is 6.66. The third-order valence-electron chi connectivity index (χ3n) is 3.90. The van der Waals surface area contributed by atoms with E-state index in [-0.39, 0.29) is 5.54 Å². The summed E-state index contributed by atoms with van der Waals surface area (Å²) in [7, 11) is 2.20. The lowest BCUT2D eigenvalue weighted by atomic mass is 9.78. The molecule has 0 spiro atoms. The number of nitrogens with two attached hydrogens (primary N) is 1. The van der Waals surface area contributed by atoms with Gasteiger partial charge in [0, 0.05) is 24.7 Å². The molecule has 0 aromatic carbocycles. The maximum Gasteiger partial charge on any atom is 0.0356 e. The second kappa shape index (κ2) is 3.80. The first kappa shape index (κ1) is 10.4. The van der Waals surface area contributed by atoms with Gasteiger partial charge in [-0.05, 0) is 38.8 Å². The molecule has 2 aliphatic rings. The van der Waals surface area contributed by atoms with Crippen LogP contribution in [-0.2, 0) is 0 Å². The normalized spacial score (nSPS) is 40.1. The molecule has 1 aliphatic carbocycles. The standard InChI is InChI=1S/C11H23N3/c1-9-7-14(2)6-5-11(9,8-12)13-10-3-4-10/h9-10,13H,3-8,12H2,1-2H3. The summed E-state index contributed by atoms with van der Waals surface area (Å²) in [6.07, 6.45) is 3.91. The van der Waals surface area contributed by atoms with Crippen molar-refractivity contribution in [2.75, 3.05) is 26.7 Å². The molecule has 0 radical (unpaired) electrons. The van der Waals surface area contributed by atoms with Crippen LogP contribution in [0.3, 0.4) is 0 Å². The lowest BCUT2D eigenvalue weighted by molar-refractivity contribution is 0.0981. The number of hydrogen-bond acceptors (Lipinski definition) is 3. The summed E-state index contributed by atoms with van der Waals surface area (Å²) < 4.78 is 0. The van der Waals surface area contributed by atoms with Gasteiger partial charge in [0.25, 0.3) is 0 Å². The molecule has 3 nitrogen and oxygen atoms in total. The Bertz CT molecular complexity index is 203. The monoisotopic (exact) mass is 197 g/mol. The second-order valence-electron chi connectivity index (χ2n) is 5.19. The molecule has 14 heavy (non-hydrogen) atoms. The Morgan fingerprint density at radius 1 is 1.50 bits per heavy atom. The highest BCUT2D eigenvalue weighted by Gasteiger charge is 2.41. The molecular weight excluding hydrogens is 174 g/mol. The van der Waals surface area contributed by atoms with Crippen molar-refractivity contribution in [1.29, 1.82) is 0 Å². The smallest absolute Gasteiger partial charge is 0.0356 e. The molecular formula is C11H23N3. The van der Waals surface area contributed by atoms with Crippen LogP contribution in [0.2, 0.25) is 0 Å². The zero-order valence-electron chi connectivity index (χ0n) is 9.42. The van der Waals surface area contributed by atoms with Crippen molar-refractivity contribution in [1.82, 2.24) is 10.2 Å². The average Bonchev–Trinajstić information content (AvgIpc) is 2.94. The summed E-state index contributed by atoms with van der Waals surface area (Å²) in [5.74, 6) is 0.673. The SMILES string of the molecule is CC1CN(C)CCC1(CN)NC1CC1. The third kappa shape index (κ3) is 1.95. The molecule has 82 valence electrons. The Labute approximate surface area is 87.0 Å². The lowest BCUT2D eigenvalue weighted by Crippen LogP contribution is -2.62. The molecule has 1 heterocycles. The van der Waals surface area contributed by atoms with E-state index in [1.54, 1.807) is 0 Å². The molecule has 1 saturated heterocycles. The molecule has 0 aromatic rings. The number of nitrogens with zero attached hydrogens (tertiary/aromatic N) is 1. The Morgan fingerprint density at radius 3 is 2.71 bits per heavy atom. The van der Waals surface area contributed by atoms with Crippen molar-refractivity contribution in [3.63, 3.8) is 0 Å². The highest BCUT2D eigenvalue weighted by Crippen LogP contribution is 2.31. The summed E-state index contributed by atoms with van der Waals surface area (Å²) in [6.45, 7) is 5.48. The van der Waals surface area contributed by atoms with Gasteiger partial charge in [0.2, 0.25) is 0 Å². The van der Waals surface area contributed by atoms with E-state index < -0.39 is 0 Å². The van der Waals surface area contributed by atoms with Gasteiger partial charge in [-0.3, -0.25) is 0 Å². The van der Waals surface area contributed by atoms with Gasteiger partial charge in [0.05, 0.1) is 0 Å². The van der Waals surface area contributed by atoms with E-state index in [2.05, 4.69) is 24.2 Å². The molecule has 0 bridgehead atoms. The second-order valence-corrected chi connectivity index (χ2v) is 5.19. The van der Waals surface area contributed by atoms with Crippen molar-refractivity contribution >= 4 is 0 Å². The lowest BCUT2D eigenvalue weighted by Gasteiger charge is -2.46. The number of piperidine rings is 1. The van der Waals surface area contributed by atoms with Gasteiger partial charge in [-0.15, -0.1) is 0 Å². The molecule has 2 unspecified atom stereocenters. The van der Waals surface area contributed by atoms with Crippen LogP contribution in [0.5, 0.6) is 0 Å². The van der Waals surface area contributed by atoms with Crippen LogP contribution in [0.15, 0.2) is 0 Å². The van der Waals surface area contributed by atoms with Crippen LogP contribution >= 0.6 is 0 Å². The third-order valence-corrected chi connectivity index (χ3v) is 3.90. The summed E-state index contributed by atoms with van der Waals surface area (Å²) in [5.41, 5.74) is 6.20. The van der Waals surface area contributed by atoms with Crippen LogP contribution in [0.25, 0.3) is 0 Å². The topological polar surface area (TPSA) is 41.3 Å². The molecule has 2 fully saturated rings. The number of nitrogens with one attached hydrogen (secondary N) is 1. The van der Waals surface area contributed by atoms with Crippen LogP contribution in [0.1, 0.15) is 26.2 Å².